The molecule has 0 aromatic heterocycles. The Kier molecular flexibility index (Phi) is 6.61. The maximum atomic E-state index is 11.7. The number of hydrogen-bond acceptors (Lipinski definition) is 2. The van der Waals surface area contributed by atoms with E-state index in [0.29, 0.717) is 12.3 Å². The standard InChI is InChI=1S/C15H28O2/c1-12(2)11-13(3)17-15(16)10-9-14-7-5-4-6-8-14/h12-14H,4-11H2,1-3H3. The van der Waals surface area contributed by atoms with Crippen molar-refractivity contribution in [1.82, 2.24) is 0 Å². The lowest BCUT2D eigenvalue weighted by atomic mass is 9.86. The van der Waals surface area contributed by atoms with Crippen molar-refractivity contribution in [2.45, 2.75) is 78.2 Å². The van der Waals surface area contributed by atoms with Crippen molar-refractivity contribution < 1.29 is 9.53 Å². The van der Waals surface area contributed by atoms with E-state index in [0.717, 1.165) is 18.8 Å². The summed E-state index contributed by atoms with van der Waals surface area (Å²) in [6.07, 6.45) is 9.41. The molecule has 1 fully saturated rings. The Bertz CT molecular complexity index is 217. The van der Waals surface area contributed by atoms with Crippen molar-refractivity contribution in [2.75, 3.05) is 0 Å². The molecule has 0 aromatic carbocycles. The Hall–Kier alpha value is -0.530. The van der Waals surface area contributed by atoms with Crippen LogP contribution in [0, 0.1) is 11.8 Å². The molecule has 0 radical (unpaired) electrons. The quantitative estimate of drug-likeness (QED) is 0.646. The fourth-order valence-corrected chi connectivity index (χ4v) is 2.79. The van der Waals surface area contributed by atoms with Crippen LogP contribution in [0.25, 0.3) is 0 Å². The van der Waals surface area contributed by atoms with Crippen molar-refractivity contribution in [3.8, 4) is 0 Å². The Labute approximate surface area is 106 Å². The first-order valence-electron chi connectivity index (χ1n) is 7.27. The van der Waals surface area contributed by atoms with Crippen molar-refractivity contribution in [3.05, 3.63) is 0 Å². The second-order valence-electron chi connectivity index (χ2n) is 5.97. The molecule has 1 atom stereocenters. The number of rotatable bonds is 6. The van der Waals surface area contributed by atoms with Gasteiger partial charge in [0.15, 0.2) is 0 Å². The van der Waals surface area contributed by atoms with Gasteiger partial charge in [-0.05, 0) is 31.6 Å². The van der Waals surface area contributed by atoms with Crippen molar-refractivity contribution in [2.24, 2.45) is 11.8 Å². The molecule has 0 saturated heterocycles. The van der Waals surface area contributed by atoms with E-state index < -0.39 is 0 Å². The minimum Gasteiger partial charge on any atom is -0.463 e. The van der Waals surface area contributed by atoms with E-state index >= 15 is 0 Å². The van der Waals surface area contributed by atoms with Gasteiger partial charge in [0.05, 0.1) is 6.10 Å². The molecule has 0 heterocycles. The Balaban J connectivity index is 2.11. The Morgan fingerprint density at radius 2 is 1.82 bits per heavy atom. The Morgan fingerprint density at radius 1 is 1.18 bits per heavy atom. The number of hydrogen-bond donors (Lipinski definition) is 0. The highest BCUT2D eigenvalue weighted by molar-refractivity contribution is 5.69. The van der Waals surface area contributed by atoms with Crippen molar-refractivity contribution in [3.63, 3.8) is 0 Å². The first kappa shape index (κ1) is 14.5. The van der Waals surface area contributed by atoms with Gasteiger partial charge >= 0.3 is 5.97 Å². The second-order valence-corrected chi connectivity index (χ2v) is 5.97. The predicted octanol–water partition coefficient (Wildman–Crippen LogP) is 4.32. The van der Waals surface area contributed by atoms with Crippen LogP contribution in [0.3, 0.4) is 0 Å². The first-order chi connectivity index (χ1) is 8.08. The fraction of sp³-hybridized carbons (Fsp3) is 0.933. The summed E-state index contributed by atoms with van der Waals surface area (Å²) in [7, 11) is 0. The second kappa shape index (κ2) is 7.73. The van der Waals surface area contributed by atoms with E-state index in [9.17, 15) is 4.79 Å². The molecular formula is C15H28O2. The molecule has 2 heteroatoms. The summed E-state index contributed by atoms with van der Waals surface area (Å²) >= 11 is 0. The highest BCUT2D eigenvalue weighted by atomic mass is 16.5. The van der Waals surface area contributed by atoms with Crippen LogP contribution in [-0.2, 0) is 9.53 Å². The van der Waals surface area contributed by atoms with Gasteiger partial charge in [0.1, 0.15) is 0 Å². The van der Waals surface area contributed by atoms with Crippen LogP contribution in [0.15, 0.2) is 0 Å². The highest BCUT2D eigenvalue weighted by Gasteiger charge is 2.16. The lowest BCUT2D eigenvalue weighted by Crippen LogP contribution is -2.18. The third kappa shape index (κ3) is 6.70. The summed E-state index contributed by atoms with van der Waals surface area (Å²) in [6, 6.07) is 0. The third-order valence-corrected chi connectivity index (χ3v) is 3.62. The zero-order valence-corrected chi connectivity index (χ0v) is 11.7. The van der Waals surface area contributed by atoms with Crippen LogP contribution in [0.1, 0.15) is 72.1 Å². The third-order valence-electron chi connectivity index (χ3n) is 3.62. The normalized spacial score (nSPS) is 19.3. The molecule has 0 bridgehead atoms. The molecule has 1 aliphatic carbocycles. The Morgan fingerprint density at radius 3 is 2.41 bits per heavy atom. The van der Waals surface area contributed by atoms with E-state index in [4.69, 9.17) is 4.74 Å². The first-order valence-corrected chi connectivity index (χ1v) is 7.27. The van der Waals surface area contributed by atoms with Crippen molar-refractivity contribution >= 4 is 5.97 Å². The number of esters is 1. The fourth-order valence-electron chi connectivity index (χ4n) is 2.79. The molecule has 0 aromatic rings. The topological polar surface area (TPSA) is 26.3 Å². The molecule has 100 valence electrons. The van der Waals surface area contributed by atoms with E-state index in [-0.39, 0.29) is 12.1 Å². The van der Waals surface area contributed by atoms with Crippen LogP contribution in [-0.4, -0.2) is 12.1 Å². The number of carbonyl (C=O) groups excluding carboxylic acids is 1. The van der Waals surface area contributed by atoms with Crippen LogP contribution < -0.4 is 0 Å². The lowest BCUT2D eigenvalue weighted by molar-refractivity contribution is -0.149. The summed E-state index contributed by atoms with van der Waals surface area (Å²) < 4.78 is 5.41. The predicted molar refractivity (Wildman–Crippen MR) is 70.8 cm³/mol. The molecule has 1 saturated carbocycles. The maximum absolute atomic E-state index is 11.7. The van der Waals surface area contributed by atoms with Gasteiger partial charge in [0, 0.05) is 6.42 Å². The summed E-state index contributed by atoms with van der Waals surface area (Å²) in [6.45, 7) is 6.32. The molecule has 0 spiro atoms. The SMILES string of the molecule is CC(C)CC(C)OC(=O)CCC1CCCCC1. The van der Waals surface area contributed by atoms with Crippen LogP contribution in [0.2, 0.25) is 0 Å². The summed E-state index contributed by atoms with van der Waals surface area (Å²) in [4.78, 5) is 11.7. The molecule has 1 aliphatic rings. The number of ether oxygens (including phenoxy) is 1. The molecular weight excluding hydrogens is 212 g/mol. The van der Waals surface area contributed by atoms with E-state index in [1.54, 1.807) is 0 Å². The molecule has 1 unspecified atom stereocenters. The average Bonchev–Trinajstić information content (AvgIpc) is 2.26. The molecule has 0 N–H and O–H groups in total. The molecule has 17 heavy (non-hydrogen) atoms. The van der Waals surface area contributed by atoms with Crippen molar-refractivity contribution in [1.29, 1.82) is 0 Å². The van der Waals surface area contributed by atoms with Crippen LogP contribution in [0.4, 0.5) is 0 Å². The largest absolute Gasteiger partial charge is 0.463 e. The van der Waals surface area contributed by atoms with E-state index in [1.807, 2.05) is 6.92 Å². The van der Waals surface area contributed by atoms with Gasteiger partial charge in [-0.25, -0.2) is 0 Å². The minimum atomic E-state index is 0.00345. The van der Waals surface area contributed by atoms with Crippen LogP contribution >= 0.6 is 0 Å². The average molecular weight is 240 g/mol. The van der Waals surface area contributed by atoms with Crippen LogP contribution in [0.5, 0.6) is 0 Å². The number of carbonyl (C=O) groups is 1. The van der Waals surface area contributed by atoms with Gasteiger partial charge in [-0.1, -0.05) is 46.0 Å². The van der Waals surface area contributed by atoms with E-state index in [1.165, 1.54) is 32.1 Å². The lowest BCUT2D eigenvalue weighted by Gasteiger charge is -2.21. The summed E-state index contributed by atoms with van der Waals surface area (Å²) in [5.74, 6) is 1.37. The van der Waals surface area contributed by atoms with Gasteiger partial charge in [-0.2, -0.15) is 0 Å². The zero-order chi connectivity index (χ0) is 12.7. The summed E-state index contributed by atoms with van der Waals surface area (Å²) in [5, 5.41) is 0. The minimum absolute atomic E-state index is 0.00345. The molecule has 0 amide bonds. The maximum Gasteiger partial charge on any atom is 0.306 e. The van der Waals surface area contributed by atoms with Gasteiger partial charge < -0.3 is 4.74 Å². The molecule has 1 rings (SSSR count). The zero-order valence-electron chi connectivity index (χ0n) is 11.7. The van der Waals surface area contributed by atoms with Gasteiger partial charge in [-0.3, -0.25) is 4.79 Å². The monoisotopic (exact) mass is 240 g/mol. The summed E-state index contributed by atoms with van der Waals surface area (Å²) in [5.41, 5.74) is 0. The van der Waals surface area contributed by atoms with E-state index in [2.05, 4.69) is 13.8 Å². The van der Waals surface area contributed by atoms with Gasteiger partial charge in [0.25, 0.3) is 0 Å². The smallest absolute Gasteiger partial charge is 0.306 e. The van der Waals surface area contributed by atoms with Gasteiger partial charge in [0.2, 0.25) is 0 Å². The van der Waals surface area contributed by atoms with Gasteiger partial charge in [-0.15, -0.1) is 0 Å². The molecule has 0 aliphatic heterocycles. The highest BCUT2D eigenvalue weighted by Crippen LogP contribution is 2.27. The molecule has 2 nitrogen and oxygen atoms in total.